The highest BCUT2D eigenvalue weighted by atomic mass is 79.9. The van der Waals surface area contributed by atoms with E-state index in [1.807, 2.05) is 12.1 Å². The summed E-state index contributed by atoms with van der Waals surface area (Å²) in [6.07, 6.45) is 4.53. The molecule has 1 aromatic carbocycles. The van der Waals surface area contributed by atoms with Crippen molar-refractivity contribution < 1.29 is 14.3 Å². The minimum Gasteiger partial charge on any atom is -0.493 e. The molecule has 2 aliphatic rings. The number of benzene rings is 1. The van der Waals surface area contributed by atoms with E-state index in [2.05, 4.69) is 26.6 Å². The van der Waals surface area contributed by atoms with Crippen molar-refractivity contribution in [3.05, 3.63) is 22.2 Å². The van der Waals surface area contributed by atoms with Gasteiger partial charge in [0, 0.05) is 17.6 Å². The summed E-state index contributed by atoms with van der Waals surface area (Å²) >= 11 is 3.55. The second-order valence-electron chi connectivity index (χ2n) is 6.71. The molecule has 0 aromatic heterocycles. The van der Waals surface area contributed by atoms with Gasteiger partial charge in [-0.05, 0) is 43.0 Å². The van der Waals surface area contributed by atoms with Crippen LogP contribution in [0.4, 0.5) is 0 Å². The van der Waals surface area contributed by atoms with Crippen molar-refractivity contribution in [2.24, 2.45) is 11.3 Å². The zero-order valence-electron chi connectivity index (χ0n) is 14.3. The Labute approximate surface area is 151 Å². The first-order valence-corrected chi connectivity index (χ1v) is 9.29. The van der Waals surface area contributed by atoms with Gasteiger partial charge in [0.1, 0.15) is 0 Å². The summed E-state index contributed by atoms with van der Waals surface area (Å²) in [7, 11) is 3.23. The average Bonchev–Trinajstić information content (AvgIpc) is 3.05. The number of hydrogen-bond donors (Lipinski definition) is 2. The van der Waals surface area contributed by atoms with Crippen LogP contribution in [0.25, 0.3) is 0 Å². The molecular weight excluding hydrogens is 372 g/mol. The summed E-state index contributed by atoms with van der Waals surface area (Å²) in [6, 6.07) is 3.78. The van der Waals surface area contributed by atoms with E-state index < -0.39 is 0 Å². The molecule has 5 nitrogen and oxygen atoms in total. The van der Waals surface area contributed by atoms with Gasteiger partial charge in [-0.1, -0.05) is 28.8 Å². The van der Waals surface area contributed by atoms with Gasteiger partial charge >= 0.3 is 0 Å². The SMILES string of the molecule is COc1cc(Br)c(CNC(=O)[C@@]23CCCC[C@H]2CNC3)cc1OC. The van der Waals surface area contributed by atoms with Gasteiger partial charge in [-0.2, -0.15) is 0 Å². The van der Waals surface area contributed by atoms with E-state index in [0.717, 1.165) is 42.4 Å². The first kappa shape index (κ1) is 17.5. The minimum absolute atomic E-state index is 0.180. The van der Waals surface area contributed by atoms with Crippen LogP contribution < -0.4 is 20.1 Å². The predicted octanol–water partition coefficient (Wildman–Crippen LogP) is 2.86. The summed E-state index contributed by atoms with van der Waals surface area (Å²) in [5, 5.41) is 6.58. The fourth-order valence-electron chi connectivity index (χ4n) is 4.07. The van der Waals surface area contributed by atoms with Gasteiger partial charge in [0.15, 0.2) is 11.5 Å². The molecule has 2 fully saturated rings. The Morgan fingerprint density at radius 2 is 2.08 bits per heavy atom. The molecule has 1 heterocycles. The van der Waals surface area contributed by atoms with Crippen molar-refractivity contribution in [2.75, 3.05) is 27.3 Å². The molecule has 1 saturated heterocycles. The lowest BCUT2D eigenvalue weighted by Crippen LogP contribution is -2.47. The maximum atomic E-state index is 12.9. The molecule has 1 aliphatic carbocycles. The van der Waals surface area contributed by atoms with Gasteiger partial charge in [-0.25, -0.2) is 0 Å². The molecule has 0 radical (unpaired) electrons. The van der Waals surface area contributed by atoms with Crippen LogP contribution in [0.2, 0.25) is 0 Å². The Kier molecular flexibility index (Phi) is 5.35. The molecule has 1 aromatic rings. The largest absolute Gasteiger partial charge is 0.493 e. The smallest absolute Gasteiger partial charge is 0.228 e. The molecular formula is C18H25BrN2O3. The molecule has 1 saturated carbocycles. The Balaban J connectivity index is 1.72. The highest BCUT2D eigenvalue weighted by molar-refractivity contribution is 9.10. The first-order valence-electron chi connectivity index (χ1n) is 8.50. The van der Waals surface area contributed by atoms with Gasteiger partial charge in [0.2, 0.25) is 5.91 Å². The molecule has 0 spiro atoms. The van der Waals surface area contributed by atoms with E-state index in [0.29, 0.717) is 24.0 Å². The van der Waals surface area contributed by atoms with Gasteiger partial charge in [-0.3, -0.25) is 4.79 Å². The maximum Gasteiger partial charge on any atom is 0.228 e. The molecule has 2 N–H and O–H groups in total. The van der Waals surface area contributed by atoms with Crippen molar-refractivity contribution in [3.63, 3.8) is 0 Å². The fourth-order valence-corrected chi connectivity index (χ4v) is 4.54. The molecule has 6 heteroatoms. The van der Waals surface area contributed by atoms with Gasteiger partial charge in [0.05, 0.1) is 19.6 Å². The number of methoxy groups -OCH3 is 2. The molecule has 1 amide bonds. The lowest BCUT2D eigenvalue weighted by Gasteiger charge is -2.37. The molecule has 1 aliphatic heterocycles. The Hall–Kier alpha value is -1.27. The van der Waals surface area contributed by atoms with Crippen molar-refractivity contribution in [2.45, 2.75) is 32.2 Å². The van der Waals surface area contributed by atoms with Crippen LogP contribution in [0, 0.1) is 11.3 Å². The average molecular weight is 397 g/mol. The van der Waals surface area contributed by atoms with E-state index in [1.165, 1.54) is 6.42 Å². The third-order valence-corrected chi connectivity index (χ3v) is 6.22. The number of nitrogens with one attached hydrogen (secondary N) is 2. The second kappa shape index (κ2) is 7.31. The quantitative estimate of drug-likeness (QED) is 0.803. The summed E-state index contributed by atoms with van der Waals surface area (Å²) in [5.74, 6) is 1.99. The Morgan fingerprint density at radius 1 is 1.33 bits per heavy atom. The number of halogens is 1. The highest BCUT2D eigenvalue weighted by Crippen LogP contribution is 2.44. The minimum atomic E-state index is -0.221. The van der Waals surface area contributed by atoms with Crippen LogP contribution in [-0.2, 0) is 11.3 Å². The Morgan fingerprint density at radius 3 is 2.83 bits per heavy atom. The molecule has 24 heavy (non-hydrogen) atoms. The topological polar surface area (TPSA) is 59.6 Å². The third kappa shape index (κ3) is 3.14. The van der Waals surface area contributed by atoms with Crippen molar-refractivity contribution in [1.82, 2.24) is 10.6 Å². The number of amides is 1. The second-order valence-corrected chi connectivity index (χ2v) is 7.57. The number of ether oxygens (including phenoxy) is 2. The zero-order valence-corrected chi connectivity index (χ0v) is 15.9. The van der Waals surface area contributed by atoms with Gasteiger partial charge in [-0.15, -0.1) is 0 Å². The van der Waals surface area contributed by atoms with E-state index in [1.54, 1.807) is 14.2 Å². The highest BCUT2D eigenvalue weighted by Gasteiger charge is 2.49. The van der Waals surface area contributed by atoms with E-state index in [9.17, 15) is 4.79 Å². The van der Waals surface area contributed by atoms with Crippen LogP contribution >= 0.6 is 15.9 Å². The number of carbonyl (C=O) groups is 1. The van der Waals surface area contributed by atoms with Gasteiger partial charge in [0.25, 0.3) is 0 Å². The summed E-state index contributed by atoms with van der Waals surface area (Å²) in [5.41, 5.74) is 0.761. The van der Waals surface area contributed by atoms with E-state index in [-0.39, 0.29) is 11.3 Å². The molecule has 0 bridgehead atoms. The lowest BCUT2D eigenvalue weighted by molar-refractivity contribution is -0.134. The third-order valence-electron chi connectivity index (χ3n) is 5.48. The maximum absolute atomic E-state index is 12.9. The molecule has 3 rings (SSSR count). The van der Waals surface area contributed by atoms with Crippen LogP contribution in [0.3, 0.4) is 0 Å². The number of hydrogen-bond acceptors (Lipinski definition) is 4. The number of rotatable bonds is 5. The summed E-state index contributed by atoms with van der Waals surface area (Å²) in [4.78, 5) is 12.9. The first-order chi connectivity index (χ1) is 11.6. The predicted molar refractivity (Wildman–Crippen MR) is 96.4 cm³/mol. The van der Waals surface area contributed by atoms with Crippen molar-refractivity contribution in [1.29, 1.82) is 0 Å². The molecule has 2 atom stereocenters. The Bertz CT molecular complexity index is 623. The fraction of sp³-hybridized carbons (Fsp3) is 0.611. The monoisotopic (exact) mass is 396 g/mol. The van der Waals surface area contributed by atoms with Crippen LogP contribution in [0.15, 0.2) is 16.6 Å². The van der Waals surface area contributed by atoms with Crippen LogP contribution in [0.1, 0.15) is 31.2 Å². The standard InChI is InChI=1S/C18H25BrN2O3/c1-23-15-7-12(14(19)8-16(15)24-2)9-21-17(22)18-6-4-3-5-13(18)10-20-11-18/h7-8,13,20H,3-6,9-11H2,1-2H3,(H,21,22)/t13-,18+/m0/s1. The number of fused-ring (bicyclic) bond motifs is 1. The zero-order chi connectivity index (χ0) is 17.2. The van der Waals surface area contributed by atoms with Crippen molar-refractivity contribution in [3.8, 4) is 11.5 Å². The van der Waals surface area contributed by atoms with E-state index >= 15 is 0 Å². The number of carbonyl (C=O) groups excluding carboxylic acids is 1. The lowest BCUT2D eigenvalue weighted by atomic mass is 9.67. The van der Waals surface area contributed by atoms with Gasteiger partial charge < -0.3 is 20.1 Å². The van der Waals surface area contributed by atoms with Crippen LogP contribution in [-0.4, -0.2) is 33.2 Å². The summed E-state index contributed by atoms with van der Waals surface area (Å²) in [6.45, 7) is 2.25. The molecule has 0 unspecified atom stereocenters. The van der Waals surface area contributed by atoms with Crippen LogP contribution in [0.5, 0.6) is 11.5 Å². The van der Waals surface area contributed by atoms with E-state index in [4.69, 9.17) is 9.47 Å². The summed E-state index contributed by atoms with van der Waals surface area (Å²) < 4.78 is 11.6. The normalized spacial score (nSPS) is 25.9. The molecule has 132 valence electrons. The van der Waals surface area contributed by atoms with Crippen molar-refractivity contribution >= 4 is 21.8 Å².